The number of amides is 1. The van der Waals surface area contributed by atoms with E-state index in [2.05, 4.69) is 20.3 Å². The first-order chi connectivity index (χ1) is 16.0. The van der Waals surface area contributed by atoms with Crippen molar-refractivity contribution in [1.82, 2.24) is 29.9 Å². The van der Waals surface area contributed by atoms with Crippen molar-refractivity contribution >= 4 is 17.1 Å². The predicted molar refractivity (Wildman–Crippen MR) is 116 cm³/mol. The van der Waals surface area contributed by atoms with Crippen LogP contribution in [-0.2, 0) is 6.54 Å². The number of aromatic amines is 1. The highest BCUT2D eigenvalue weighted by Gasteiger charge is 2.27. The lowest BCUT2D eigenvalue weighted by atomic mass is 9.95. The summed E-state index contributed by atoms with van der Waals surface area (Å²) in [7, 11) is 0. The third kappa shape index (κ3) is 4.11. The zero-order valence-electron chi connectivity index (χ0n) is 17.5. The summed E-state index contributed by atoms with van der Waals surface area (Å²) in [5, 5.41) is 7.90. The minimum atomic E-state index is -0.452. The van der Waals surface area contributed by atoms with E-state index in [1.165, 1.54) is 28.9 Å². The van der Waals surface area contributed by atoms with Crippen molar-refractivity contribution in [2.24, 2.45) is 0 Å². The smallest absolute Gasteiger partial charge is 0.281 e. The molecule has 8 nitrogen and oxygen atoms in total. The molecule has 1 saturated heterocycles. The second-order valence-electron chi connectivity index (χ2n) is 8.04. The molecule has 0 spiro atoms. The molecule has 1 aliphatic rings. The summed E-state index contributed by atoms with van der Waals surface area (Å²) >= 11 is 0. The number of benzene rings is 2. The van der Waals surface area contributed by atoms with E-state index in [9.17, 15) is 18.4 Å². The number of fused-ring (bicyclic) bond motifs is 1. The molecular formula is C23H20F2N6O2. The van der Waals surface area contributed by atoms with Crippen LogP contribution < -0.4 is 5.56 Å². The van der Waals surface area contributed by atoms with Crippen molar-refractivity contribution in [3.05, 3.63) is 87.5 Å². The molecule has 5 rings (SSSR count). The average molecular weight is 450 g/mol. The van der Waals surface area contributed by atoms with Gasteiger partial charge in [0.2, 0.25) is 0 Å². The Morgan fingerprint density at radius 3 is 2.64 bits per heavy atom. The predicted octanol–water partition coefficient (Wildman–Crippen LogP) is 2.86. The van der Waals surface area contributed by atoms with Crippen LogP contribution in [0.25, 0.3) is 11.2 Å². The van der Waals surface area contributed by atoms with Crippen molar-refractivity contribution in [3.63, 3.8) is 0 Å². The van der Waals surface area contributed by atoms with Gasteiger partial charge in [0.1, 0.15) is 17.5 Å². The Labute approximate surface area is 186 Å². The third-order valence-corrected chi connectivity index (χ3v) is 5.91. The second kappa shape index (κ2) is 8.53. The Morgan fingerprint density at radius 2 is 1.88 bits per heavy atom. The number of piperidine rings is 1. The number of carbonyl (C=O) groups excluding carboxylic acids is 1. The fourth-order valence-electron chi connectivity index (χ4n) is 4.13. The zero-order chi connectivity index (χ0) is 22.9. The summed E-state index contributed by atoms with van der Waals surface area (Å²) in [5.74, 6) is -0.636. The first-order valence-corrected chi connectivity index (χ1v) is 10.6. The topological polar surface area (TPSA) is 96.8 Å². The number of rotatable bonds is 4. The summed E-state index contributed by atoms with van der Waals surface area (Å²) < 4.78 is 29.0. The van der Waals surface area contributed by atoms with E-state index in [4.69, 9.17) is 0 Å². The van der Waals surface area contributed by atoms with Gasteiger partial charge in [-0.3, -0.25) is 9.59 Å². The summed E-state index contributed by atoms with van der Waals surface area (Å²) in [6.07, 6.45) is 1.18. The van der Waals surface area contributed by atoms with Gasteiger partial charge in [-0.05, 0) is 37.1 Å². The van der Waals surface area contributed by atoms with Crippen LogP contribution in [0.1, 0.15) is 40.5 Å². The maximum absolute atomic E-state index is 14.1. The first kappa shape index (κ1) is 20.9. The number of aromatic nitrogens is 5. The molecular weight excluding hydrogens is 430 g/mol. The van der Waals surface area contributed by atoms with Gasteiger partial charge in [0.25, 0.3) is 11.5 Å². The maximum Gasteiger partial charge on any atom is 0.281 e. The molecule has 1 amide bonds. The minimum Gasteiger partial charge on any atom is -0.339 e. The van der Waals surface area contributed by atoms with Gasteiger partial charge >= 0.3 is 0 Å². The fourth-order valence-corrected chi connectivity index (χ4v) is 4.13. The fraction of sp³-hybridized carbons (Fsp3) is 0.261. The summed E-state index contributed by atoms with van der Waals surface area (Å²) in [6.45, 7) is 1.00. The van der Waals surface area contributed by atoms with Gasteiger partial charge in [0, 0.05) is 30.1 Å². The van der Waals surface area contributed by atoms with E-state index in [1.54, 1.807) is 29.2 Å². The number of nitrogens with zero attached hydrogens (tertiary/aromatic N) is 5. The normalized spacial score (nSPS) is 14.7. The van der Waals surface area contributed by atoms with Gasteiger partial charge in [-0.15, -0.1) is 5.10 Å². The van der Waals surface area contributed by atoms with Crippen LogP contribution in [0.2, 0.25) is 0 Å². The molecule has 0 unspecified atom stereocenters. The molecule has 1 N–H and O–H groups in total. The molecule has 0 aliphatic carbocycles. The van der Waals surface area contributed by atoms with E-state index >= 15 is 0 Å². The Balaban J connectivity index is 1.36. The lowest BCUT2D eigenvalue weighted by molar-refractivity contribution is 0.0710. The minimum absolute atomic E-state index is 0.0736. The highest BCUT2D eigenvalue weighted by atomic mass is 19.1. The Kier molecular flexibility index (Phi) is 5.41. The van der Waals surface area contributed by atoms with E-state index in [-0.39, 0.29) is 35.4 Å². The lowest BCUT2D eigenvalue weighted by Gasteiger charge is -2.31. The molecule has 168 valence electrons. The highest BCUT2D eigenvalue weighted by molar-refractivity contribution is 5.94. The van der Waals surface area contributed by atoms with Gasteiger partial charge in [-0.25, -0.2) is 18.4 Å². The number of hydrogen-bond donors (Lipinski definition) is 1. The van der Waals surface area contributed by atoms with E-state index < -0.39 is 11.4 Å². The highest BCUT2D eigenvalue weighted by Crippen LogP contribution is 2.26. The Bertz CT molecular complexity index is 1390. The van der Waals surface area contributed by atoms with Gasteiger partial charge in [0.05, 0.1) is 6.54 Å². The summed E-state index contributed by atoms with van der Waals surface area (Å²) in [4.78, 5) is 34.3. The van der Waals surface area contributed by atoms with Crippen LogP contribution in [0.5, 0.6) is 0 Å². The number of nitrogens with one attached hydrogen (secondary N) is 1. The van der Waals surface area contributed by atoms with Crippen LogP contribution in [0.15, 0.2) is 53.3 Å². The van der Waals surface area contributed by atoms with Crippen molar-refractivity contribution in [1.29, 1.82) is 0 Å². The van der Waals surface area contributed by atoms with Crippen molar-refractivity contribution < 1.29 is 13.6 Å². The molecule has 2 aromatic carbocycles. The summed E-state index contributed by atoms with van der Waals surface area (Å²) in [6, 6.07) is 12.0. The van der Waals surface area contributed by atoms with Gasteiger partial charge in [-0.1, -0.05) is 29.5 Å². The Morgan fingerprint density at radius 1 is 1.09 bits per heavy atom. The van der Waals surface area contributed by atoms with Gasteiger partial charge in [-0.2, -0.15) is 0 Å². The van der Waals surface area contributed by atoms with Crippen molar-refractivity contribution in [2.75, 3.05) is 13.1 Å². The SMILES string of the molecule is O=C(c1cccc(F)c1)N1CCC(c2nc3c(nnn3Cc3ccccc3F)c(=O)[nH]2)CC1. The molecule has 33 heavy (non-hydrogen) atoms. The van der Waals surface area contributed by atoms with Gasteiger partial charge < -0.3 is 9.88 Å². The second-order valence-corrected chi connectivity index (χ2v) is 8.04. The van der Waals surface area contributed by atoms with Crippen molar-refractivity contribution in [3.8, 4) is 0 Å². The van der Waals surface area contributed by atoms with Crippen LogP contribution in [-0.4, -0.2) is 48.9 Å². The molecule has 1 aliphatic heterocycles. The number of halogens is 2. The number of likely N-dealkylation sites (tertiary alicyclic amines) is 1. The molecule has 0 radical (unpaired) electrons. The van der Waals surface area contributed by atoms with E-state index in [1.807, 2.05) is 0 Å². The molecule has 1 fully saturated rings. The monoisotopic (exact) mass is 450 g/mol. The number of H-pyrrole nitrogens is 1. The van der Waals surface area contributed by atoms with E-state index in [0.29, 0.717) is 42.9 Å². The van der Waals surface area contributed by atoms with Crippen LogP contribution in [0, 0.1) is 11.6 Å². The molecule has 2 aromatic heterocycles. The van der Waals surface area contributed by atoms with E-state index in [0.717, 1.165) is 0 Å². The van der Waals surface area contributed by atoms with Gasteiger partial charge in [0.15, 0.2) is 11.2 Å². The molecule has 10 heteroatoms. The summed E-state index contributed by atoms with van der Waals surface area (Å²) in [5.41, 5.74) is 0.693. The average Bonchev–Trinajstić information content (AvgIpc) is 3.23. The number of hydrogen-bond acceptors (Lipinski definition) is 5. The van der Waals surface area contributed by atoms with Crippen LogP contribution in [0.3, 0.4) is 0 Å². The quantitative estimate of drug-likeness (QED) is 0.516. The molecule has 0 saturated carbocycles. The van der Waals surface area contributed by atoms with Crippen molar-refractivity contribution in [2.45, 2.75) is 25.3 Å². The Hall–Kier alpha value is -3.95. The lowest BCUT2D eigenvalue weighted by Crippen LogP contribution is -2.38. The maximum atomic E-state index is 14.1. The third-order valence-electron chi connectivity index (χ3n) is 5.91. The van der Waals surface area contributed by atoms with Crippen LogP contribution >= 0.6 is 0 Å². The zero-order valence-corrected chi connectivity index (χ0v) is 17.5. The largest absolute Gasteiger partial charge is 0.339 e. The molecule has 0 bridgehead atoms. The standard InChI is InChI=1S/C23H20F2N6O2/c24-17-6-3-5-15(12-17)23(33)30-10-8-14(9-11-30)20-26-21-19(22(32)27-20)28-29-31(21)13-16-4-1-2-7-18(16)25/h1-7,12,14H,8-11,13H2,(H,26,27,32). The molecule has 0 atom stereocenters. The van der Waals surface area contributed by atoms with Crippen LogP contribution in [0.4, 0.5) is 8.78 Å². The molecule has 3 heterocycles. The molecule has 4 aromatic rings. The number of carbonyl (C=O) groups is 1. The first-order valence-electron chi connectivity index (χ1n) is 10.6.